The van der Waals surface area contributed by atoms with Crippen molar-refractivity contribution in [1.29, 1.82) is 0 Å². The van der Waals surface area contributed by atoms with E-state index in [1.54, 1.807) is 18.2 Å². The summed E-state index contributed by atoms with van der Waals surface area (Å²) in [6.07, 6.45) is 2.50. The number of ketones is 1. The molecule has 0 spiro atoms. The molecule has 0 bridgehead atoms. The van der Waals surface area contributed by atoms with Gasteiger partial charge in [-0.1, -0.05) is 23.7 Å². The second-order valence-electron chi connectivity index (χ2n) is 4.97. The van der Waals surface area contributed by atoms with Crippen LogP contribution in [0.15, 0.2) is 33.9 Å². The van der Waals surface area contributed by atoms with E-state index < -0.39 is 28.5 Å². The fraction of sp³-hybridized carbons (Fsp3) is 0.188. The van der Waals surface area contributed by atoms with Gasteiger partial charge in [-0.05, 0) is 23.8 Å². The van der Waals surface area contributed by atoms with Gasteiger partial charge in [0.1, 0.15) is 11.3 Å². The molecule has 1 aromatic carbocycles. The first-order valence-corrected chi connectivity index (χ1v) is 7.21. The highest BCUT2D eigenvalue weighted by atomic mass is 35.5. The predicted octanol–water partition coefficient (Wildman–Crippen LogP) is 1.35. The molecule has 1 N–H and O–H groups in total. The summed E-state index contributed by atoms with van der Waals surface area (Å²) in [5, 5.41) is 10.2. The van der Waals surface area contributed by atoms with Crippen molar-refractivity contribution in [3.8, 4) is 11.6 Å². The maximum Gasteiger partial charge on any atom is 0.333 e. The van der Waals surface area contributed by atoms with Crippen LogP contribution in [0.2, 0.25) is 5.02 Å². The Morgan fingerprint density at radius 2 is 1.92 bits per heavy atom. The number of rotatable bonds is 4. The lowest BCUT2D eigenvalue weighted by Gasteiger charge is -2.08. The zero-order chi connectivity index (χ0) is 18.0. The average Bonchev–Trinajstić information content (AvgIpc) is 2.57. The van der Waals surface area contributed by atoms with Crippen molar-refractivity contribution in [3.63, 3.8) is 0 Å². The monoisotopic (exact) mass is 350 g/mol. The minimum Gasteiger partial charge on any atom is -0.495 e. The molecular formula is C16H15ClN2O5. The number of benzene rings is 1. The third-order valence-electron chi connectivity index (χ3n) is 3.51. The van der Waals surface area contributed by atoms with E-state index in [4.69, 9.17) is 16.3 Å². The number of ether oxygens (including phenoxy) is 1. The standard InChI is InChI=1S/C16H15ClN2O5/c1-18-14(21)12(15(22)19(2)16(18)23)10(20)8-7-9-5-4-6-11(24-3)13(9)17/h4-8,21H,1-3H3/b8-7+. The lowest BCUT2D eigenvalue weighted by atomic mass is 10.1. The van der Waals surface area contributed by atoms with Gasteiger partial charge in [-0.15, -0.1) is 0 Å². The van der Waals surface area contributed by atoms with Gasteiger partial charge in [-0.3, -0.25) is 18.7 Å². The summed E-state index contributed by atoms with van der Waals surface area (Å²) in [6, 6.07) is 5.01. The Labute approximate surface area is 142 Å². The van der Waals surface area contributed by atoms with Crippen molar-refractivity contribution in [2.75, 3.05) is 7.11 Å². The van der Waals surface area contributed by atoms with Crippen LogP contribution in [0.1, 0.15) is 15.9 Å². The SMILES string of the molecule is COc1cccc(/C=C/C(=O)c2c(O)n(C)c(=O)n(C)c2=O)c1Cl. The first-order chi connectivity index (χ1) is 11.3. The lowest BCUT2D eigenvalue weighted by molar-refractivity contribution is 0.104. The molecule has 0 aliphatic heterocycles. The fourth-order valence-corrected chi connectivity index (χ4v) is 2.38. The van der Waals surface area contributed by atoms with Gasteiger partial charge >= 0.3 is 5.69 Å². The highest BCUT2D eigenvalue weighted by Gasteiger charge is 2.19. The van der Waals surface area contributed by atoms with E-state index in [-0.39, 0.29) is 0 Å². The van der Waals surface area contributed by atoms with E-state index in [9.17, 15) is 19.5 Å². The number of nitrogens with zero attached hydrogens (tertiary/aromatic N) is 2. The maximum absolute atomic E-state index is 12.3. The lowest BCUT2D eigenvalue weighted by Crippen LogP contribution is -2.39. The normalized spacial score (nSPS) is 11.0. The van der Waals surface area contributed by atoms with E-state index in [1.807, 2.05) is 0 Å². The van der Waals surface area contributed by atoms with Crippen LogP contribution >= 0.6 is 11.6 Å². The molecule has 0 radical (unpaired) electrons. The van der Waals surface area contributed by atoms with Crippen LogP contribution < -0.4 is 16.0 Å². The summed E-state index contributed by atoms with van der Waals surface area (Å²) in [6.45, 7) is 0. The van der Waals surface area contributed by atoms with Gasteiger partial charge in [0.15, 0.2) is 5.78 Å². The van der Waals surface area contributed by atoms with Crippen molar-refractivity contribution >= 4 is 23.5 Å². The van der Waals surface area contributed by atoms with Crippen molar-refractivity contribution in [1.82, 2.24) is 9.13 Å². The fourth-order valence-electron chi connectivity index (χ4n) is 2.11. The average molecular weight is 351 g/mol. The number of aromatic hydroxyl groups is 1. The minimum atomic E-state index is -0.873. The van der Waals surface area contributed by atoms with Gasteiger partial charge in [0.2, 0.25) is 5.88 Å². The van der Waals surface area contributed by atoms with Gasteiger partial charge in [0, 0.05) is 14.1 Å². The first-order valence-electron chi connectivity index (χ1n) is 6.83. The Bertz CT molecular complexity index is 956. The highest BCUT2D eigenvalue weighted by Crippen LogP contribution is 2.28. The molecular weight excluding hydrogens is 336 g/mol. The van der Waals surface area contributed by atoms with Crippen molar-refractivity contribution < 1.29 is 14.6 Å². The summed E-state index contributed by atoms with van der Waals surface area (Å²) >= 11 is 6.12. The predicted molar refractivity (Wildman–Crippen MR) is 90.0 cm³/mol. The van der Waals surface area contributed by atoms with Crippen LogP contribution in [0.25, 0.3) is 6.08 Å². The molecule has 7 nitrogen and oxygen atoms in total. The number of allylic oxidation sites excluding steroid dienone is 1. The summed E-state index contributed by atoms with van der Waals surface area (Å²) in [5.74, 6) is -0.996. The number of carbonyl (C=O) groups excluding carboxylic acids is 1. The highest BCUT2D eigenvalue weighted by molar-refractivity contribution is 6.33. The molecule has 2 rings (SSSR count). The third-order valence-corrected chi connectivity index (χ3v) is 3.91. The Morgan fingerprint density at radius 3 is 2.54 bits per heavy atom. The van der Waals surface area contributed by atoms with E-state index in [0.29, 0.717) is 16.3 Å². The quantitative estimate of drug-likeness (QED) is 0.664. The molecule has 24 heavy (non-hydrogen) atoms. The molecule has 0 unspecified atom stereocenters. The third kappa shape index (κ3) is 2.98. The Balaban J connectivity index is 2.49. The smallest absolute Gasteiger partial charge is 0.333 e. The van der Waals surface area contributed by atoms with Gasteiger partial charge in [-0.2, -0.15) is 0 Å². The summed E-state index contributed by atoms with van der Waals surface area (Å²) in [7, 11) is 3.95. The second kappa shape index (κ2) is 6.76. The van der Waals surface area contributed by atoms with Crippen LogP contribution in [0, 0.1) is 0 Å². The first kappa shape index (κ1) is 17.6. The van der Waals surface area contributed by atoms with Crippen molar-refractivity contribution in [3.05, 3.63) is 61.3 Å². The summed E-state index contributed by atoms with van der Waals surface area (Å²) in [4.78, 5) is 36.0. The summed E-state index contributed by atoms with van der Waals surface area (Å²) in [5.41, 5.74) is -1.59. The summed E-state index contributed by atoms with van der Waals surface area (Å²) < 4.78 is 6.65. The number of carbonyl (C=O) groups is 1. The molecule has 8 heteroatoms. The van der Waals surface area contributed by atoms with E-state index >= 15 is 0 Å². The Hall–Kier alpha value is -2.80. The number of halogens is 1. The molecule has 1 aromatic heterocycles. The van der Waals surface area contributed by atoms with Gasteiger partial charge < -0.3 is 9.84 Å². The van der Waals surface area contributed by atoms with Gasteiger partial charge in [0.25, 0.3) is 5.56 Å². The number of hydrogen-bond donors (Lipinski definition) is 1. The van der Waals surface area contributed by atoms with Crippen LogP contribution in [0.4, 0.5) is 0 Å². The molecule has 0 atom stereocenters. The topological polar surface area (TPSA) is 90.5 Å². The zero-order valence-electron chi connectivity index (χ0n) is 13.2. The molecule has 0 saturated heterocycles. The minimum absolute atomic E-state index is 0.307. The van der Waals surface area contributed by atoms with Crippen LogP contribution in [0.3, 0.4) is 0 Å². The molecule has 0 fully saturated rings. The van der Waals surface area contributed by atoms with Crippen molar-refractivity contribution in [2.45, 2.75) is 0 Å². The van der Waals surface area contributed by atoms with Crippen LogP contribution in [0.5, 0.6) is 11.6 Å². The number of hydrogen-bond acceptors (Lipinski definition) is 5. The molecule has 2 aromatic rings. The molecule has 126 valence electrons. The van der Waals surface area contributed by atoms with Gasteiger partial charge in [0.05, 0.1) is 12.1 Å². The van der Waals surface area contributed by atoms with E-state index in [0.717, 1.165) is 15.2 Å². The number of methoxy groups -OCH3 is 1. The van der Waals surface area contributed by atoms with Gasteiger partial charge in [-0.25, -0.2) is 4.79 Å². The molecule has 0 amide bonds. The maximum atomic E-state index is 12.3. The molecule has 1 heterocycles. The Morgan fingerprint density at radius 1 is 1.25 bits per heavy atom. The van der Waals surface area contributed by atoms with E-state index in [2.05, 4.69) is 0 Å². The Kier molecular flexibility index (Phi) is 4.94. The molecule has 0 aliphatic rings. The van der Waals surface area contributed by atoms with Crippen LogP contribution in [-0.2, 0) is 14.1 Å². The molecule has 0 saturated carbocycles. The second-order valence-corrected chi connectivity index (χ2v) is 5.34. The zero-order valence-corrected chi connectivity index (χ0v) is 14.0. The van der Waals surface area contributed by atoms with Crippen molar-refractivity contribution in [2.24, 2.45) is 14.1 Å². The number of aromatic nitrogens is 2. The van der Waals surface area contributed by atoms with Crippen LogP contribution in [-0.4, -0.2) is 27.1 Å². The van der Waals surface area contributed by atoms with E-state index in [1.165, 1.54) is 27.3 Å². The largest absolute Gasteiger partial charge is 0.495 e. The molecule has 0 aliphatic carbocycles.